The van der Waals surface area contributed by atoms with Crippen molar-refractivity contribution in [1.29, 1.82) is 0 Å². The first-order chi connectivity index (χ1) is 6.18. The van der Waals surface area contributed by atoms with E-state index in [9.17, 15) is 0 Å². The van der Waals surface area contributed by atoms with Gasteiger partial charge in [0.05, 0.1) is 0 Å². The van der Waals surface area contributed by atoms with E-state index in [1.807, 2.05) is 24.3 Å². The molecule has 1 N–H and O–H groups in total. The Bertz CT molecular complexity index is 292. The summed E-state index contributed by atoms with van der Waals surface area (Å²) in [6, 6.07) is 7.94. The average molecular weight is 242 g/mol. The summed E-state index contributed by atoms with van der Waals surface area (Å²) in [5, 5.41) is 3.20. The molecule has 0 unspecified atom stereocenters. The summed E-state index contributed by atoms with van der Waals surface area (Å²) in [4.78, 5) is 0. The second-order valence-corrected chi connectivity index (χ2v) is 4.53. The van der Waals surface area contributed by atoms with Crippen LogP contribution in [0.25, 0.3) is 0 Å². The van der Waals surface area contributed by atoms with E-state index >= 15 is 0 Å². The molecular weight excluding hydrogens is 230 g/mol. The van der Waals surface area contributed by atoms with Gasteiger partial charge in [0.15, 0.2) is 0 Å². The van der Waals surface area contributed by atoms with E-state index in [1.54, 1.807) is 0 Å². The lowest BCUT2D eigenvalue weighted by atomic mass is 10.00. The maximum absolute atomic E-state index is 5.81. The number of halogens is 1. The molecular formula is C10H12BrNO. The lowest BCUT2D eigenvalue weighted by Crippen LogP contribution is -2.60. The first-order valence-electron chi connectivity index (χ1n) is 4.33. The molecule has 0 bridgehead atoms. The molecule has 1 fully saturated rings. The number of nitrogens with one attached hydrogen (secondary N) is 1. The lowest BCUT2D eigenvalue weighted by Gasteiger charge is -2.39. The van der Waals surface area contributed by atoms with Crippen LogP contribution in [0.2, 0.25) is 0 Å². The van der Waals surface area contributed by atoms with E-state index in [1.165, 1.54) is 0 Å². The van der Waals surface area contributed by atoms with E-state index in [2.05, 4.69) is 28.2 Å². The van der Waals surface area contributed by atoms with E-state index in [4.69, 9.17) is 4.74 Å². The maximum atomic E-state index is 5.81. The van der Waals surface area contributed by atoms with Gasteiger partial charge in [-0.2, -0.15) is 0 Å². The zero-order chi connectivity index (χ0) is 9.31. The van der Waals surface area contributed by atoms with Crippen LogP contribution in [0.5, 0.6) is 5.75 Å². The van der Waals surface area contributed by atoms with Crippen LogP contribution >= 0.6 is 15.9 Å². The first-order valence-corrected chi connectivity index (χ1v) is 5.13. The van der Waals surface area contributed by atoms with Gasteiger partial charge in [0.25, 0.3) is 0 Å². The smallest absolute Gasteiger partial charge is 0.131 e. The maximum Gasteiger partial charge on any atom is 0.131 e. The molecule has 1 aromatic carbocycles. The van der Waals surface area contributed by atoms with Crippen LogP contribution < -0.4 is 10.1 Å². The van der Waals surface area contributed by atoms with Crippen molar-refractivity contribution in [1.82, 2.24) is 5.32 Å². The SMILES string of the molecule is CC1(Oc2ccc(Br)cc2)CNC1. The Balaban J connectivity index is 2.05. The number of hydrogen-bond acceptors (Lipinski definition) is 2. The Hall–Kier alpha value is -0.540. The summed E-state index contributed by atoms with van der Waals surface area (Å²) in [6.07, 6.45) is 0. The molecule has 2 rings (SSSR count). The molecule has 3 heteroatoms. The summed E-state index contributed by atoms with van der Waals surface area (Å²) < 4.78 is 6.89. The molecule has 1 aliphatic rings. The Morgan fingerprint density at radius 3 is 2.38 bits per heavy atom. The molecule has 13 heavy (non-hydrogen) atoms. The minimum absolute atomic E-state index is 0.00612. The van der Waals surface area contributed by atoms with Crippen molar-refractivity contribution in [3.63, 3.8) is 0 Å². The molecule has 2 nitrogen and oxygen atoms in total. The largest absolute Gasteiger partial charge is 0.485 e. The third kappa shape index (κ3) is 2.03. The summed E-state index contributed by atoms with van der Waals surface area (Å²) in [5.41, 5.74) is -0.00612. The minimum Gasteiger partial charge on any atom is -0.485 e. The van der Waals surface area contributed by atoms with E-state index in [-0.39, 0.29) is 5.60 Å². The third-order valence-corrected chi connectivity index (χ3v) is 2.70. The zero-order valence-electron chi connectivity index (χ0n) is 7.51. The highest BCUT2D eigenvalue weighted by atomic mass is 79.9. The normalized spacial score (nSPS) is 19.2. The van der Waals surface area contributed by atoms with E-state index in [0.29, 0.717) is 0 Å². The van der Waals surface area contributed by atoms with Gasteiger partial charge in [-0.1, -0.05) is 15.9 Å². The van der Waals surface area contributed by atoms with Crippen molar-refractivity contribution in [2.75, 3.05) is 13.1 Å². The van der Waals surface area contributed by atoms with Crippen molar-refractivity contribution >= 4 is 15.9 Å². The fourth-order valence-electron chi connectivity index (χ4n) is 1.34. The number of benzene rings is 1. The van der Waals surface area contributed by atoms with Crippen LogP contribution in [0.4, 0.5) is 0 Å². The van der Waals surface area contributed by atoms with Crippen LogP contribution in [-0.2, 0) is 0 Å². The highest BCUT2D eigenvalue weighted by molar-refractivity contribution is 9.10. The molecule has 1 aromatic rings. The molecule has 0 atom stereocenters. The summed E-state index contributed by atoms with van der Waals surface area (Å²) in [6.45, 7) is 3.98. The van der Waals surface area contributed by atoms with Gasteiger partial charge in [0.1, 0.15) is 11.4 Å². The molecule has 0 radical (unpaired) electrons. The van der Waals surface area contributed by atoms with Gasteiger partial charge in [-0.25, -0.2) is 0 Å². The monoisotopic (exact) mass is 241 g/mol. The average Bonchev–Trinajstić information content (AvgIpc) is 2.06. The Morgan fingerprint density at radius 1 is 1.31 bits per heavy atom. The van der Waals surface area contributed by atoms with Gasteiger partial charge in [-0.15, -0.1) is 0 Å². The van der Waals surface area contributed by atoms with Crippen molar-refractivity contribution in [3.05, 3.63) is 28.7 Å². The van der Waals surface area contributed by atoms with Crippen LogP contribution in [0, 0.1) is 0 Å². The Kier molecular flexibility index (Phi) is 2.30. The number of hydrogen-bond donors (Lipinski definition) is 1. The number of rotatable bonds is 2. The van der Waals surface area contributed by atoms with Crippen LogP contribution in [0.1, 0.15) is 6.92 Å². The number of ether oxygens (including phenoxy) is 1. The fraction of sp³-hybridized carbons (Fsp3) is 0.400. The van der Waals surface area contributed by atoms with Crippen LogP contribution in [0.15, 0.2) is 28.7 Å². The van der Waals surface area contributed by atoms with Crippen molar-refractivity contribution < 1.29 is 4.74 Å². The molecule has 0 spiro atoms. The van der Waals surface area contributed by atoms with Crippen LogP contribution in [0.3, 0.4) is 0 Å². The molecule has 0 amide bonds. The molecule has 1 heterocycles. The second kappa shape index (κ2) is 3.31. The van der Waals surface area contributed by atoms with Gasteiger partial charge < -0.3 is 10.1 Å². The highest BCUT2D eigenvalue weighted by Crippen LogP contribution is 2.23. The van der Waals surface area contributed by atoms with Gasteiger partial charge >= 0.3 is 0 Å². The summed E-state index contributed by atoms with van der Waals surface area (Å²) >= 11 is 3.39. The lowest BCUT2D eigenvalue weighted by molar-refractivity contribution is 0.0349. The van der Waals surface area contributed by atoms with Gasteiger partial charge in [-0.05, 0) is 31.2 Å². The molecule has 0 saturated carbocycles. The quantitative estimate of drug-likeness (QED) is 0.858. The fourth-order valence-corrected chi connectivity index (χ4v) is 1.60. The molecule has 1 aliphatic heterocycles. The Labute approximate surface area is 86.4 Å². The first kappa shape index (κ1) is 9.03. The van der Waals surface area contributed by atoms with Crippen molar-refractivity contribution in [3.8, 4) is 5.75 Å². The van der Waals surface area contributed by atoms with Gasteiger partial charge in [-0.3, -0.25) is 0 Å². The zero-order valence-corrected chi connectivity index (χ0v) is 9.10. The molecule has 0 aliphatic carbocycles. The topological polar surface area (TPSA) is 21.3 Å². The highest BCUT2D eigenvalue weighted by Gasteiger charge is 2.33. The predicted octanol–water partition coefficient (Wildman–Crippen LogP) is 2.19. The standard InChI is InChI=1S/C10H12BrNO/c1-10(6-12-7-10)13-9-4-2-8(11)3-5-9/h2-5,12H,6-7H2,1H3. The van der Waals surface area contributed by atoms with Crippen molar-refractivity contribution in [2.24, 2.45) is 0 Å². The van der Waals surface area contributed by atoms with Crippen molar-refractivity contribution in [2.45, 2.75) is 12.5 Å². The van der Waals surface area contributed by atoms with E-state index in [0.717, 1.165) is 23.3 Å². The second-order valence-electron chi connectivity index (χ2n) is 3.61. The minimum atomic E-state index is -0.00612. The molecule has 1 saturated heterocycles. The molecule has 0 aromatic heterocycles. The molecule has 70 valence electrons. The predicted molar refractivity (Wildman–Crippen MR) is 56.0 cm³/mol. The van der Waals surface area contributed by atoms with Gasteiger partial charge in [0, 0.05) is 17.6 Å². The summed E-state index contributed by atoms with van der Waals surface area (Å²) in [5.74, 6) is 0.937. The Morgan fingerprint density at radius 2 is 1.92 bits per heavy atom. The van der Waals surface area contributed by atoms with Gasteiger partial charge in [0.2, 0.25) is 0 Å². The summed E-state index contributed by atoms with van der Waals surface area (Å²) in [7, 11) is 0. The third-order valence-electron chi connectivity index (χ3n) is 2.18. The van der Waals surface area contributed by atoms with E-state index < -0.39 is 0 Å². The van der Waals surface area contributed by atoms with Crippen LogP contribution in [-0.4, -0.2) is 18.7 Å².